The predicted octanol–water partition coefficient (Wildman–Crippen LogP) is 4.73. The Balaban J connectivity index is 1.51. The zero-order valence-corrected chi connectivity index (χ0v) is 18.5. The summed E-state index contributed by atoms with van der Waals surface area (Å²) < 4.78 is 5.89. The third kappa shape index (κ3) is 3.56. The zero-order chi connectivity index (χ0) is 21.5. The number of oxime groups is 1. The summed E-state index contributed by atoms with van der Waals surface area (Å²) in [6.45, 7) is 6.28. The Morgan fingerprint density at radius 2 is 1.93 bits per heavy atom. The third-order valence-corrected chi connectivity index (χ3v) is 8.82. The standard InChI is InChI=1S/C24H35NO5/c1-4-22(28)30-20-8-7-18-17-6-5-15-13-16(25-29-14-21(26)27)9-11-23(15,2)19(17)10-12-24(18,20)3/h13,17-20H,4-12,14H2,1-3H3,(H,26,27)/t17-,18-,19-,20+,23+,24+/m1/s1. The first-order valence-corrected chi connectivity index (χ1v) is 11.6. The van der Waals surface area contributed by atoms with Gasteiger partial charge in [-0.1, -0.05) is 31.5 Å². The van der Waals surface area contributed by atoms with Gasteiger partial charge >= 0.3 is 11.9 Å². The quantitative estimate of drug-likeness (QED) is 0.516. The molecule has 0 unspecified atom stereocenters. The number of aliphatic carboxylic acids is 1. The van der Waals surface area contributed by atoms with Gasteiger partial charge in [0.1, 0.15) is 6.10 Å². The number of fused-ring (bicyclic) bond motifs is 5. The summed E-state index contributed by atoms with van der Waals surface area (Å²) in [5, 5.41) is 12.8. The van der Waals surface area contributed by atoms with E-state index >= 15 is 0 Å². The van der Waals surface area contributed by atoms with Crippen LogP contribution in [0.5, 0.6) is 0 Å². The molecule has 1 N–H and O–H groups in total. The van der Waals surface area contributed by atoms with E-state index in [2.05, 4.69) is 25.1 Å². The van der Waals surface area contributed by atoms with Crippen LogP contribution in [0.1, 0.15) is 78.6 Å². The van der Waals surface area contributed by atoms with E-state index in [1.165, 1.54) is 24.8 Å². The number of ether oxygens (including phenoxy) is 1. The summed E-state index contributed by atoms with van der Waals surface area (Å²) >= 11 is 0. The average Bonchev–Trinajstić information content (AvgIpc) is 3.04. The molecule has 4 aliphatic carbocycles. The lowest BCUT2D eigenvalue weighted by atomic mass is 9.47. The summed E-state index contributed by atoms with van der Waals surface area (Å²) in [7, 11) is 0. The molecule has 4 rings (SSSR count). The van der Waals surface area contributed by atoms with Crippen LogP contribution in [0.3, 0.4) is 0 Å². The number of carbonyl (C=O) groups excluding carboxylic acids is 1. The Bertz CT molecular complexity index is 774. The minimum absolute atomic E-state index is 0.0611. The van der Waals surface area contributed by atoms with Crippen LogP contribution in [0, 0.1) is 28.6 Å². The van der Waals surface area contributed by atoms with Crippen LogP contribution in [0.2, 0.25) is 0 Å². The largest absolute Gasteiger partial charge is 0.479 e. The van der Waals surface area contributed by atoms with Crippen LogP contribution < -0.4 is 0 Å². The molecule has 0 spiro atoms. The molecule has 0 bridgehead atoms. The number of hydrogen-bond acceptors (Lipinski definition) is 5. The van der Waals surface area contributed by atoms with Gasteiger partial charge in [-0.2, -0.15) is 0 Å². The molecule has 0 amide bonds. The molecular weight excluding hydrogens is 382 g/mol. The molecule has 0 aliphatic heterocycles. The lowest BCUT2D eigenvalue weighted by molar-refractivity contribution is -0.159. The van der Waals surface area contributed by atoms with Crippen molar-refractivity contribution in [1.82, 2.24) is 0 Å². The lowest BCUT2D eigenvalue weighted by Crippen LogP contribution is -2.51. The first-order chi connectivity index (χ1) is 14.3. The van der Waals surface area contributed by atoms with Crippen LogP contribution in [0.25, 0.3) is 0 Å². The molecule has 0 saturated heterocycles. The van der Waals surface area contributed by atoms with E-state index in [0.29, 0.717) is 24.2 Å². The number of allylic oxidation sites excluding steroid dienone is 2. The van der Waals surface area contributed by atoms with Crippen molar-refractivity contribution in [1.29, 1.82) is 0 Å². The molecule has 0 aromatic heterocycles. The SMILES string of the molecule is CCC(=O)O[C@H]1CC[C@@H]2[C@H]3CCC4=CC(=NOCC(=O)O)CC[C@]4(C)[C@@H]3CC[C@]12C. The molecule has 3 saturated carbocycles. The topological polar surface area (TPSA) is 85.2 Å². The number of esters is 1. The zero-order valence-electron chi connectivity index (χ0n) is 18.5. The molecule has 0 aromatic rings. The van der Waals surface area contributed by atoms with Gasteiger partial charge < -0.3 is 14.7 Å². The van der Waals surface area contributed by atoms with Crippen molar-refractivity contribution in [2.75, 3.05) is 6.61 Å². The fourth-order valence-electron chi connectivity index (χ4n) is 7.20. The Hall–Kier alpha value is -1.85. The fraction of sp³-hybridized carbons (Fsp3) is 0.792. The number of carboxylic acid groups (broad SMARTS) is 1. The van der Waals surface area contributed by atoms with Crippen molar-refractivity contribution in [3.8, 4) is 0 Å². The van der Waals surface area contributed by atoms with Crippen molar-refractivity contribution >= 4 is 17.7 Å². The van der Waals surface area contributed by atoms with Gasteiger partial charge in [0.05, 0.1) is 5.71 Å². The van der Waals surface area contributed by atoms with Gasteiger partial charge in [0, 0.05) is 11.8 Å². The molecule has 166 valence electrons. The van der Waals surface area contributed by atoms with Crippen molar-refractivity contribution in [3.63, 3.8) is 0 Å². The van der Waals surface area contributed by atoms with Crippen molar-refractivity contribution in [2.24, 2.45) is 33.7 Å². The van der Waals surface area contributed by atoms with E-state index in [4.69, 9.17) is 14.7 Å². The van der Waals surface area contributed by atoms with E-state index in [9.17, 15) is 9.59 Å². The van der Waals surface area contributed by atoms with Crippen LogP contribution in [-0.2, 0) is 19.2 Å². The monoisotopic (exact) mass is 417 g/mol. The number of hydrogen-bond donors (Lipinski definition) is 1. The number of nitrogens with zero attached hydrogens (tertiary/aromatic N) is 1. The predicted molar refractivity (Wildman–Crippen MR) is 113 cm³/mol. The van der Waals surface area contributed by atoms with Crippen molar-refractivity contribution in [2.45, 2.75) is 84.7 Å². The second-order valence-corrected chi connectivity index (χ2v) is 10.2. The first-order valence-electron chi connectivity index (χ1n) is 11.6. The van der Waals surface area contributed by atoms with E-state index in [-0.39, 0.29) is 22.9 Å². The molecule has 0 heterocycles. The van der Waals surface area contributed by atoms with E-state index in [1.54, 1.807) is 0 Å². The number of carboxylic acids is 1. The van der Waals surface area contributed by atoms with Crippen LogP contribution >= 0.6 is 0 Å². The number of rotatable bonds is 5. The van der Waals surface area contributed by atoms with Gasteiger partial charge in [0.2, 0.25) is 6.61 Å². The second kappa shape index (κ2) is 8.01. The van der Waals surface area contributed by atoms with Crippen LogP contribution in [0.4, 0.5) is 0 Å². The van der Waals surface area contributed by atoms with Gasteiger partial charge in [-0.3, -0.25) is 4.79 Å². The highest BCUT2D eigenvalue weighted by Gasteiger charge is 2.59. The minimum atomic E-state index is -1.00. The van der Waals surface area contributed by atoms with E-state index in [1.807, 2.05) is 6.92 Å². The van der Waals surface area contributed by atoms with Gasteiger partial charge in [-0.05, 0) is 80.6 Å². The Morgan fingerprint density at radius 3 is 2.67 bits per heavy atom. The summed E-state index contributed by atoms with van der Waals surface area (Å²) in [6.07, 6.45) is 11.3. The van der Waals surface area contributed by atoms with E-state index < -0.39 is 12.6 Å². The molecule has 0 radical (unpaired) electrons. The van der Waals surface area contributed by atoms with Crippen LogP contribution in [-0.4, -0.2) is 35.5 Å². The first kappa shape index (κ1) is 21.4. The lowest BCUT2D eigenvalue weighted by Gasteiger charge is -2.58. The van der Waals surface area contributed by atoms with Crippen LogP contribution in [0.15, 0.2) is 16.8 Å². The maximum absolute atomic E-state index is 12.0. The normalized spacial score (nSPS) is 41.3. The second-order valence-electron chi connectivity index (χ2n) is 10.2. The summed E-state index contributed by atoms with van der Waals surface area (Å²) in [6, 6.07) is 0. The van der Waals surface area contributed by atoms with Gasteiger partial charge in [-0.15, -0.1) is 0 Å². The van der Waals surface area contributed by atoms with Crippen molar-refractivity contribution < 1.29 is 24.3 Å². The molecule has 4 aliphatic rings. The molecule has 3 fully saturated rings. The summed E-state index contributed by atoms with van der Waals surface area (Å²) in [5.74, 6) is 0.931. The maximum Gasteiger partial charge on any atom is 0.344 e. The smallest absolute Gasteiger partial charge is 0.344 e. The van der Waals surface area contributed by atoms with Gasteiger partial charge in [0.15, 0.2) is 0 Å². The maximum atomic E-state index is 12.0. The Kier molecular flexibility index (Phi) is 5.71. The molecule has 0 aromatic carbocycles. The molecule has 6 heteroatoms. The average molecular weight is 418 g/mol. The van der Waals surface area contributed by atoms with Crippen molar-refractivity contribution in [3.05, 3.63) is 11.6 Å². The molecule has 6 nitrogen and oxygen atoms in total. The highest BCUT2D eigenvalue weighted by Crippen LogP contribution is 2.65. The molecular formula is C24H35NO5. The minimum Gasteiger partial charge on any atom is -0.479 e. The third-order valence-electron chi connectivity index (χ3n) is 8.82. The highest BCUT2D eigenvalue weighted by atomic mass is 16.6. The highest BCUT2D eigenvalue weighted by molar-refractivity contribution is 5.96. The summed E-state index contributed by atoms with van der Waals surface area (Å²) in [4.78, 5) is 27.6. The van der Waals surface area contributed by atoms with E-state index in [0.717, 1.165) is 37.8 Å². The Labute approximate surface area is 179 Å². The molecule has 6 atom stereocenters. The number of carbonyl (C=O) groups is 2. The molecule has 30 heavy (non-hydrogen) atoms. The Morgan fingerprint density at radius 1 is 1.13 bits per heavy atom. The summed E-state index contributed by atoms with van der Waals surface area (Å²) in [5.41, 5.74) is 2.64. The van der Waals surface area contributed by atoms with Gasteiger partial charge in [0.25, 0.3) is 0 Å². The fourth-order valence-corrected chi connectivity index (χ4v) is 7.20. The van der Waals surface area contributed by atoms with Gasteiger partial charge in [-0.25, -0.2) is 4.79 Å².